The van der Waals surface area contributed by atoms with Crippen molar-refractivity contribution >= 4 is 27.3 Å². The Balaban J connectivity index is 1.51. The summed E-state index contributed by atoms with van der Waals surface area (Å²) in [6, 6.07) is 3.38. The molecule has 0 saturated carbocycles. The number of amides is 1. The third kappa shape index (κ3) is 3.97. The van der Waals surface area contributed by atoms with Gasteiger partial charge in [-0.25, -0.2) is 8.42 Å². The molecule has 3 rings (SSSR count). The molecule has 7 nitrogen and oxygen atoms in total. The van der Waals surface area contributed by atoms with Crippen LogP contribution in [0.2, 0.25) is 0 Å². The van der Waals surface area contributed by atoms with Crippen LogP contribution in [0.4, 0.5) is 0 Å². The van der Waals surface area contributed by atoms with E-state index in [1.807, 2.05) is 16.7 Å². The van der Waals surface area contributed by atoms with E-state index in [1.165, 1.54) is 15.6 Å². The van der Waals surface area contributed by atoms with E-state index in [0.29, 0.717) is 56.6 Å². The maximum atomic E-state index is 12.5. The first-order valence-electron chi connectivity index (χ1n) is 8.12. The molecule has 3 heterocycles. The van der Waals surface area contributed by atoms with Gasteiger partial charge in [-0.05, 0) is 18.4 Å². The third-order valence-corrected chi connectivity index (χ3v) is 7.64. The minimum absolute atomic E-state index is 0.0792. The monoisotopic (exact) mass is 373 g/mol. The van der Waals surface area contributed by atoms with Crippen LogP contribution in [-0.4, -0.2) is 87.0 Å². The summed E-state index contributed by atoms with van der Waals surface area (Å²) in [5.41, 5.74) is 0. The summed E-state index contributed by atoms with van der Waals surface area (Å²) in [6.07, 6.45) is 0.0792. The van der Waals surface area contributed by atoms with E-state index in [2.05, 4.69) is 0 Å². The van der Waals surface area contributed by atoms with Crippen LogP contribution in [-0.2, 0) is 19.6 Å². The maximum Gasteiger partial charge on any atom is 0.252 e. The van der Waals surface area contributed by atoms with Crippen LogP contribution >= 0.6 is 11.3 Å². The van der Waals surface area contributed by atoms with E-state index in [1.54, 1.807) is 17.5 Å². The molecule has 0 radical (unpaired) electrons. The molecular weight excluding hydrogens is 350 g/mol. The van der Waals surface area contributed by atoms with Gasteiger partial charge in [0.2, 0.25) is 5.91 Å². The molecule has 1 aromatic heterocycles. The Morgan fingerprint density at radius 3 is 2.67 bits per heavy atom. The number of hydrogen-bond donors (Lipinski definition) is 0. The third-order valence-electron chi connectivity index (χ3n) is 4.37. The van der Waals surface area contributed by atoms with Gasteiger partial charge in [0.25, 0.3) is 10.0 Å². The minimum Gasteiger partial charge on any atom is -0.375 e. The number of hydrogen-bond acceptors (Lipinski definition) is 6. The lowest BCUT2D eigenvalue weighted by molar-refractivity contribution is -0.139. The Bertz CT molecular complexity index is 654. The van der Waals surface area contributed by atoms with Crippen molar-refractivity contribution in [3.63, 3.8) is 0 Å². The number of carbonyl (C=O) groups excluding carboxylic acids is 1. The number of carbonyl (C=O) groups is 1. The lowest BCUT2D eigenvalue weighted by Crippen LogP contribution is -2.53. The van der Waals surface area contributed by atoms with Gasteiger partial charge in [-0.15, -0.1) is 11.3 Å². The van der Waals surface area contributed by atoms with Gasteiger partial charge in [0.05, 0.1) is 19.3 Å². The van der Waals surface area contributed by atoms with Crippen molar-refractivity contribution in [2.24, 2.45) is 0 Å². The summed E-state index contributed by atoms with van der Waals surface area (Å²) < 4.78 is 32.3. The van der Waals surface area contributed by atoms with E-state index < -0.39 is 10.0 Å². The minimum atomic E-state index is -3.39. The van der Waals surface area contributed by atoms with Gasteiger partial charge in [0, 0.05) is 39.3 Å². The molecule has 0 spiro atoms. The Labute approximate surface area is 146 Å². The molecule has 1 unspecified atom stereocenters. The quantitative estimate of drug-likeness (QED) is 0.759. The standard InChI is InChI=1S/C15H23N3O4S2/c1-13-11-17(8-9-22-13)14(19)12-16-4-6-18(7-5-16)24(20,21)15-3-2-10-23-15/h2-3,10,13H,4-9,11-12H2,1H3. The van der Waals surface area contributed by atoms with Gasteiger partial charge in [-0.1, -0.05) is 6.07 Å². The van der Waals surface area contributed by atoms with E-state index in [4.69, 9.17) is 4.74 Å². The van der Waals surface area contributed by atoms with Crippen LogP contribution in [0.3, 0.4) is 0 Å². The zero-order chi connectivity index (χ0) is 17.2. The first-order valence-corrected chi connectivity index (χ1v) is 10.4. The van der Waals surface area contributed by atoms with E-state index in [-0.39, 0.29) is 12.0 Å². The lowest BCUT2D eigenvalue weighted by atomic mass is 10.3. The van der Waals surface area contributed by atoms with E-state index >= 15 is 0 Å². The predicted octanol–water partition coefficient (Wildman–Crippen LogP) is 0.302. The molecule has 1 atom stereocenters. The average molecular weight is 374 g/mol. The molecule has 1 aromatic rings. The molecule has 1 amide bonds. The summed E-state index contributed by atoms with van der Waals surface area (Å²) in [5, 5.41) is 1.77. The molecular formula is C15H23N3O4S2. The number of rotatable bonds is 4. The molecule has 0 bridgehead atoms. The summed E-state index contributed by atoms with van der Waals surface area (Å²) in [7, 11) is -3.39. The molecule has 9 heteroatoms. The Morgan fingerprint density at radius 2 is 2.04 bits per heavy atom. The number of ether oxygens (including phenoxy) is 1. The summed E-state index contributed by atoms with van der Waals surface area (Å²) in [5.74, 6) is 0.0970. The van der Waals surface area contributed by atoms with Gasteiger partial charge in [-0.2, -0.15) is 4.31 Å². The number of piperazine rings is 1. The summed E-state index contributed by atoms with van der Waals surface area (Å²) >= 11 is 1.24. The number of thiophene rings is 1. The van der Waals surface area contributed by atoms with Crippen LogP contribution in [0, 0.1) is 0 Å². The molecule has 2 aliphatic heterocycles. The molecule has 2 fully saturated rings. The highest BCUT2D eigenvalue weighted by Gasteiger charge is 2.30. The van der Waals surface area contributed by atoms with Crippen molar-refractivity contribution in [3.05, 3.63) is 17.5 Å². The van der Waals surface area contributed by atoms with Crippen molar-refractivity contribution < 1.29 is 17.9 Å². The Morgan fingerprint density at radius 1 is 1.29 bits per heavy atom. The van der Waals surface area contributed by atoms with E-state index in [9.17, 15) is 13.2 Å². The van der Waals surface area contributed by atoms with Gasteiger partial charge < -0.3 is 9.64 Å². The zero-order valence-corrected chi connectivity index (χ0v) is 15.4. The second-order valence-electron chi connectivity index (χ2n) is 6.13. The second-order valence-corrected chi connectivity index (χ2v) is 9.25. The molecule has 24 heavy (non-hydrogen) atoms. The highest BCUT2D eigenvalue weighted by Crippen LogP contribution is 2.22. The van der Waals surface area contributed by atoms with Crippen molar-refractivity contribution in [2.45, 2.75) is 17.2 Å². The molecule has 0 N–H and O–H groups in total. The number of sulfonamides is 1. The maximum absolute atomic E-state index is 12.5. The first-order chi connectivity index (χ1) is 11.5. The van der Waals surface area contributed by atoms with Gasteiger partial charge >= 0.3 is 0 Å². The normalized spacial score (nSPS) is 24.2. The number of morpholine rings is 1. The molecule has 2 saturated heterocycles. The van der Waals surface area contributed by atoms with Crippen molar-refractivity contribution in [2.75, 3.05) is 52.4 Å². The highest BCUT2D eigenvalue weighted by atomic mass is 32.2. The van der Waals surface area contributed by atoms with Crippen LogP contribution in [0.15, 0.2) is 21.7 Å². The first kappa shape index (κ1) is 17.8. The molecule has 0 aliphatic carbocycles. The van der Waals surface area contributed by atoms with Crippen LogP contribution < -0.4 is 0 Å². The summed E-state index contributed by atoms with van der Waals surface area (Å²) in [4.78, 5) is 16.2. The Hall–Kier alpha value is -1.00. The van der Waals surface area contributed by atoms with Crippen LogP contribution in [0.25, 0.3) is 0 Å². The predicted molar refractivity (Wildman–Crippen MR) is 91.5 cm³/mol. The second kappa shape index (κ2) is 7.49. The fourth-order valence-electron chi connectivity index (χ4n) is 3.00. The average Bonchev–Trinajstić information content (AvgIpc) is 3.10. The van der Waals surface area contributed by atoms with E-state index in [0.717, 1.165) is 0 Å². The fourth-order valence-corrected chi connectivity index (χ4v) is 5.57. The van der Waals surface area contributed by atoms with Crippen LogP contribution in [0.5, 0.6) is 0 Å². The van der Waals surface area contributed by atoms with Crippen LogP contribution in [0.1, 0.15) is 6.92 Å². The summed E-state index contributed by atoms with van der Waals surface area (Å²) in [6.45, 7) is 6.17. The number of nitrogens with zero attached hydrogens (tertiary/aromatic N) is 3. The zero-order valence-electron chi connectivity index (χ0n) is 13.8. The fraction of sp³-hybridized carbons (Fsp3) is 0.667. The van der Waals surface area contributed by atoms with Gasteiger partial charge in [0.15, 0.2) is 0 Å². The Kier molecular flexibility index (Phi) is 5.56. The molecule has 0 aromatic carbocycles. The smallest absolute Gasteiger partial charge is 0.252 e. The SMILES string of the molecule is CC1CN(C(=O)CN2CCN(S(=O)(=O)c3cccs3)CC2)CCO1. The molecule has 134 valence electrons. The van der Waals surface area contributed by atoms with Crippen molar-refractivity contribution in [3.8, 4) is 0 Å². The molecule has 2 aliphatic rings. The van der Waals surface area contributed by atoms with Crippen molar-refractivity contribution in [1.29, 1.82) is 0 Å². The topological polar surface area (TPSA) is 70.2 Å². The van der Waals surface area contributed by atoms with Crippen molar-refractivity contribution in [1.82, 2.24) is 14.1 Å². The highest BCUT2D eigenvalue weighted by molar-refractivity contribution is 7.91. The lowest BCUT2D eigenvalue weighted by Gasteiger charge is -2.36. The van der Waals surface area contributed by atoms with Gasteiger partial charge in [0.1, 0.15) is 4.21 Å². The largest absolute Gasteiger partial charge is 0.375 e. The van der Waals surface area contributed by atoms with Gasteiger partial charge in [-0.3, -0.25) is 9.69 Å².